The summed E-state index contributed by atoms with van der Waals surface area (Å²) in [5.41, 5.74) is 10.2. The first-order valence-corrected chi connectivity index (χ1v) is 6.71. The summed E-state index contributed by atoms with van der Waals surface area (Å²) in [6, 6.07) is 4.08. The van der Waals surface area contributed by atoms with Crippen LogP contribution in [0, 0.1) is 0 Å². The van der Waals surface area contributed by atoms with E-state index in [-0.39, 0.29) is 5.91 Å². The number of benzene rings is 1. The summed E-state index contributed by atoms with van der Waals surface area (Å²) in [7, 11) is 0. The van der Waals surface area contributed by atoms with Crippen LogP contribution in [0.5, 0.6) is 0 Å². The zero-order valence-electron chi connectivity index (χ0n) is 10.5. The summed E-state index contributed by atoms with van der Waals surface area (Å²) in [5, 5.41) is 2.95. The topological polar surface area (TPSA) is 58.4 Å². The number of nitrogen functional groups attached to an aromatic ring is 1. The highest BCUT2D eigenvalue weighted by molar-refractivity contribution is 5.95. The Balaban J connectivity index is 1.94. The largest absolute Gasteiger partial charge is 0.397 e. The molecule has 1 fully saturated rings. The van der Waals surface area contributed by atoms with Gasteiger partial charge in [-0.1, -0.05) is 0 Å². The molecule has 0 radical (unpaired) electrons. The van der Waals surface area contributed by atoms with E-state index in [1.54, 1.807) is 0 Å². The van der Waals surface area contributed by atoms with Crippen LogP contribution in [0.2, 0.25) is 0 Å². The van der Waals surface area contributed by atoms with E-state index in [2.05, 4.69) is 10.2 Å². The Morgan fingerprint density at radius 3 is 2.67 bits per heavy atom. The summed E-state index contributed by atoms with van der Waals surface area (Å²) in [5.74, 6) is 0.108. The van der Waals surface area contributed by atoms with Gasteiger partial charge in [-0.15, -0.1) is 0 Å². The number of piperidine rings is 1. The van der Waals surface area contributed by atoms with Crippen molar-refractivity contribution < 1.29 is 4.79 Å². The summed E-state index contributed by atoms with van der Waals surface area (Å²) < 4.78 is 0. The van der Waals surface area contributed by atoms with E-state index in [0.717, 1.165) is 42.1 Å². The maximum Gasteiger partial charge on any atom is 0.224 e. The lowest BCUT2D eigenvalue weighted by molar-refractivity contribution is -0.116. The van der Waals surface area contributed by atoms with Gasteiger partial charge in [0.2, 0.25) is 5.91 Å². The van der Waals surface area contributed by atoms with E-state index < -0.39 is 0 Å². The van der Waals surface area contributed by atoms with Crippen LogP contribution < -0.4 is 16.0 Å². The Kier molecular flexibility index (Phi) is 2.86. The second-order valence-electron chi connectivity index (χ2n) is 5.16. The standard InChI is InChI=1S/C14H19N3O/c15-11-8-10-4-5-14(18)16-12(10)9-13(11)17-6-2-1-3-7-17/h8-9H,1-7,15H2,(H,16,18). The van der Waals surface area contributed by atoms with Crippen LogP contribution >= 0.6 is 0 Å². The van der Waals surface area contributed by atoms with Crippen LogP contribution in [-0.4, -0.2) is 19.0 Å². The van der Waals surface area contributed by atoms with E-state index in [9.17, 15) is 4.79 Å². The third-order valence-corrected chi connectivity index (χ3v) is 3.84. The first-order valence-electron chi connectivity index (χ1n) is 6.71. The third kappa shape index (κ3) is 2.03. The van der Waals surface area contributed by atoms with Crippen molar-refractivity contribution in [1.29, 1.82) is 0 Å². The highest BCUT2D eigenvalue weighted by Crippen LogP contribution is 2.34. The average molecular weight is 245 g/mol. The number of nitrogens with zero attached hydrogens (tertiary/aromatic N) is 1. The second-order valence-corrected chi connectivity index (χ2v) is 5.16. The smallest absolute Gasteiger partial charge is 0.224 e. The molecule has 18 heavy (non-hydrogen) atoms. The highest BCUT2D eigenvalue weighted by Gasteiger charge is 2.20. The number of carbonyl (C=O) groups is 1. The van der Waals surface area contributed by atoms with Gasteiger partial charge in [-0.25, -0.2) is 0 Å². The minimum atomic E-state index is 0.108. The van der Waals surface area contributed by atoms with Gasteiger partial charge < -0.3 is 16.0 Å². The molecule has 2 aliphatic rings. The van der Waals surface area contributed by atoms with Gasteiger partial charge in [0.05, 0.1) is 11.4 Å². The van der Waals surface area contributed by atoms with E-state index in [1.165, 1.54) is 19.3 Å². The van der Waals surface area contributed by atoms with Gasteiger partial charge in [-0.3, -0.25) is 4.79 Å². The summed E-state index contributed by atoms with van der Waals surface area (Å²) in [6.07, 6.45) is 5.12. The normalized spacial score (nSPS) is 19.3. The number of amides is 1. The molecule has 0 atom stereocenters. The molecule has 1 aromatic carbocycles. The molecule has 96 valence electrons. The first kappa shape index (κ1) is 11.4. The summed E-state index contributed by atoms with van der Waals surface area (Å²) >= 11 is 0. The van der Waals surface area contributed by atoms with Crippen LogP contribution in [0.3, 0.4) is 0 Å². The maximum absolute atomic E-state index is 11.4. The quantitative estimate of drug-likeness (QED) is 0.745. The third-order valence-electron chi connectivity index (χ3n) is 3.84. The fraction of sp³-hybridized carbons (Fsp3) is 0.500. The highest BCUT2D eigenvalue weighted by atomic mass is 16.1. The number of nitrogens with one attached hydrogen (secondary N) is 1. The van der Waals surface area contributed by atoms with Crippen molar-refractivity contribution in [3.05, 3.63) is 17.7 Å². The van der Waals surface area contributed by atoms with Crippen molar-refractivity contribution in [1.82, 2.24) is 0 Å². The van der Waals surface area contributed by atoms with Gasteiger partial charge in [0.1, 0.15) is 0 Å². The fourth-order valence-corrected chi connectivity index (χ4v) is 2.84. The number of hydrogen-bond donors (Lipinski definition) is 2. The van der Waals surface area contributed by atoms with E-state index in [4.69, 9.17) is 5.73 Å². The molecule has 3 N–H and O–H groups in total. The Morgan fingerprint density at radius 1 is 1.11 bits per heavy atom. The van der Waals surface area contributed by atoms with Crippen LogP contribution in [0.1, 0.15) is 31.2 Å². The predicted molar refractivity (Wildman–Crippen MR) is 73.9 cm³/mol. The number of carbonyl (C=O) groups excluding carboxylic acids is 1. The number of fused-ring (bicyclic) bond motifs is 1. The first-order chi connectivity index (χ1) is 8.74. The minimum Gasteiger partial charge on any atom is -0.397 e. The molecule has 0 aliphatic carbocycles. The number of nitrogens with two attached hydrogens (primary N) is 1. The van der Waals surface area contributed by atoms with Crippen molar-refractivity contribution in [3.63, 3.8) is 0 Å². The molecule has 0 spiro atoms. The molecule has 1 saturated heterocycles. The molecule has 3 rings (SSSR count). The fourth-order valence-electron chi connectivity index (χ4n) is 2.84. The van der Waals surface area contributed by atoms with Crippen LogP contribution in [0.15, 0.2) is 12.1 Å². The van der Waals surface area contributed by atoms with Crippen molar-refractivity contribution in [2.45, 2.75) is 32.1 Å². The van der Waals surface area contributed by atoms with Gasteiger partial charge in [-0.05, 0) is 43.4 Å². The average Bonchev–Trinajstić information content (AvgIpc) is 2.39. The Hall–Kier alpha value is -1.71. The molecule has 2 heterocycles. The Bertz CT molecular complexity index is 478. The molecular formula is C14H19N3O. The molecule has 4 heteroatoms. The lowest BCUT2D eigenvalue weighted by Gasteiger charge is -2.31. The zero-order chi connectivity index (χ0) is 12.5. The SMILES string of the molecule is Nc1cc2c(cc1N1CCCCC1)NC(=O)CC2. The molecule has 0 aromatic heterocycles. The van der Waals surface area contributed by atoms with E-state index >= 15 is 0 Å². The van der Waals surface area contributed by atoms with Gasteiger partial charge in [-0.2, -0.15) is 0 Å². The van der Waals surface area contributed by atoms with E-state index in [0.29, 0.717) is 6.42 Å². The number of rotatable bonds is 1. The monoisotopic (exact) mass is 245 g/mol. The second kappa shape index (κ2) is 4.52. The van der Waals surface area contributed by atoms with Crippen LogP contribution in [-0.2, 0) is 11.2 Å². The van der Waals surface area contributed by atoms with Crippen molar-refractivity contribution in [3.8, 4) is 0 Å². The molecule has 2 aliphatic heterocycles. The van der Waals surface area contributed by atoms with Crippen molar-refractivity contribution in [2.75, 3.05) is 29.0 Å². The van der Waals surface area contributed by atoms with Gasteiger partial charge >= 0.3 is 0 Å². The number of anilines is 3. The lowest BCUT2D eigenvalue weighted by atomic mass is 10.00. The minimum absolute atomic E-state index is 0.108. The summed E-state index contributed by atoms with van der Waals surface area (Å²) in [4.78, 5) is 13.8. The maximum atomic E-state index is 11.4. The molecule has 4 nitrogen and oxygen atoms in total. The number of aryl methyl sites for hydroxylation is 1. The van der Waals surface area contributed by atoms with Crippen LogP contribution in [0.4, 0.5) is 17.1 Å². The van der Waals surface area contributed by atoms with Crippen molar-refractivity contribution in [2.24, 2.45) is 0 Å². The van der Waals surface area contributed by atoms with Crippen LogP contribution in [0.25, 0.3) is 0 Å². The lowest BCUT2D eigenvalue weighted by Crippen LogP contribution is -2.30. The Labute approximate surface area is 107 Å². The molecule has 1 aromatic rings. The molecule has 0 bridgehead atoms. The number of hydrogen-bond acceptors (Lipinski definition) is 3. The molecular weight excluding hydrogens is 226 g/mol. The Morgan fingerprint density at radius 2 is 1.89 bits per heavy atom. The predicted octanol–water partition coefficient (Wildman–Crippen LogP) is 2.14. The van der Waals surface area contributed by atoms with Gasteiger partial charge in [0, 0.05) is 25.2 Å². The zero-order valence-corrected chi connectivity index (χ0v) is 10.5. The molecule has 0 saturated carbocycles. The molecule has 0 unspecified atom stereocenters. The van der Waals surface area contributed by atoms with E-state index in [1.807, 2.05) is 12.1 Å². The van der Waals surface area contributed by atoms with Gasteiger partial charge in [0.25, 0.3) is 0 Å². The van der Waals surface area contributed by atoms with Gasteiger partial charge in [0.15, 0.2) is 0 Å². The van der Waals surface area contributed by atoms with Crippen molar-refractivity contribution >= 4 is 23.0 Å². The molecule has 1 amide bonds. The summed E-state index contributed by atoms with van der Waals surface area (Å²) in [6.45, 7) is 2.13.